The zero-order valence-corrected chi connectivity index (χ0v) is 17.6. The maximum Gasteiger partial charge on any atom is 0.229 e. The molecule has 4 aromatic rings. The highest BCUT2D eigenvalue weighted by molar-refractivity contribution is 7.22. The minimum Gasteiger partial charge on any atom is -0.376 e. The number of aromatic nitrogens is 4. The van der Waals surface area contributed by atoms with Crippen LogP contribution < -0.4 is 4.90 Å². The molecule has 0 aliphatic carbocycles. The normalized spacial score (nSPS) is 16.1. The van der Waals surface area contributed by atoms with Crippen molar-refractivity contribution in [2.75, 3.05) is 18.1 Å². The van der Waals surface area contributed by atoms with E-state index in [1.807, 2.05) is 42.5 Å². The third-order valence-electron chi connectivity index (χ3n) is 5.14. The Morgan fingerprint density at radius 2 is 2.06 bits per heavy atom. The van der Waals surface area contributed by atoms with Gasteiger partial charge in [-0.05, 0) is 37.1 Å². The van der Waals surface area contributed by atoms with Crippen LogP contribution in [0.15, 0.2) is 53.2 Å². The van der Waals surface area contributed by atoms with Gasteiger partial charge in [0.1, 0.15) is 5.69 Å². The third kappa shape index (κ3) is 4.47. The lowest BCUT2D eigenvalue weighted by Crippen LogP contribution is -2.37. The topological polar surface area (TPSA) is 94.2 Å². The van der Waals surface area contributed by atoms with E-state index < -0.39 is 0 Å². The van der Waals surface area contributed by atoms with E-state index in [4.69, 9.17) is 9.26 Å². The molecule has 1 aliphatic rings. The average Bonchev–Trinajstić information content (AvgIpc) is 3.57. The Bertz CT molecular complexity index is 1140. The average molecular weight is 436 g/mol. The van der Waals surface area contributed by atoms with Crippen molar-refractivity contribution in [2.24, 2.45) is 0 Å². The van der Waals surface area contributed by atoms with E-state index >= 15 is 0 Å². The molecule has 0 saturated carbocycles. The number of carbonyl (C=O) groups is 1. The van der Waals surface area contributed by atoms with E-state index in [2.05, 4.69) is 20.1 Å². The molecule has 1 atom stereocenters. The molecule has 0 N–H and O–H groups in total. The Hall–Kier alpha value is -3.17. The Balaban J connectivity index is 1.31. The summed E-state index contributed by atoms with van der Waals surface area (Å²) in [5, 5.41) is 4.67. The number of anilines is 1. The molecule has 0 spiro atoms. The first kappa shape index (κ1) is 19.8. The predicted molar refractivity (Wildman–Crippen MR) is 117 cm³/mol. The Labute approximate surface area is 182 Å². The highest BCUT2D eigenvalue weighted by Crippen LogP contribution is 2.30. The van der Waals surface area contributed by atoms with Crippen molar-refractivity contribution < 1.29 is 14.1 Å². The van der Waals surface area contributed by atoms with Gasteiger partial charge in [-0.3, -0.25) is 14.7 Å². The molecule has 31 heavy (non-hydrogen) atoms. The number of fused-ring (bicyclic) bond motifs is 1. The highest BCUT2D eigenvalue weighted by Gasteiger charge is 2.26. The quantitative estimate of drug-likeness (QED) is 0.435. The van der Waals surface area contributed by atoms with Crippen molar-refractivity contribution in [1.82, 2.24) is 20.1 Å². The molecule has 3 aromatic heterocycles. The van der Waals surface area contributed by atoms with Crippen molar-refractivity contribution in [2.45, 2.75) is 31.8 Å². The van der Waals surface area contributed by atoms with Gasteiger partial charge < -0.3 is 9.26 Å². The molecule has 1 aliphatic heterocycles. The fourth-order valence-corrected chi connectivity index (χ4v) is 4.55. The van der Waals surface area contributed by atoms with Crippen LogP contribution >= 0.6 is 11.3 Å². The summed E-state index contributed by atoms with van der Waals surface area (Å²) in [6, 6.07) is 13.4. The van der Waals surface area contributed by atoms with Crippen LogP contribution in [0.1, 0.15) is 25.2 Å². The SMILES string of the molecule is O=C(CCc1nc(-c2ccccn2)no1)N(CC1CCCO1)c1nc2ccccc2s1. The first-order valence-corrected chi connectivity index (χ1v) is 11.1. The lowest BCUT2D eigenvalue weighted by molar-refractivity contribution is -0.119. The largest absolute Gasteiger partial charge is 0.376 e. The molecule has 1 amide bonds. The van der Waals surface area contributed by atoms with Crippen molar-refractivity contribution in [3.05, 3.63) is 54.6 Å². The fourth-order valence-electron chi connectivity index (χ4n) is 3.56. The molecule has 158 valence electrons. The van der Waals surface area contributed by atoms with Crippen molar-refractivity contribution >= 4 is 32.6 Å². The maximum atomic E-state index is 13.2. The maximum absolute atomic E-state index is 13.2. The molecule has 8 nitrogen and oxygen atoms in total. The van der Waals surface area contributed by atoms with Gasteiger partial charge in [0.2, 0.25) is 17.6 Å². The number of benzene rings is 1. The zero-order valence-electron chi connectivity index (χ0n) is 16.8. The van der Waals surface area contributed by atoms with E-state index in [1.54, 1.807) is 11.1 Å². The van der Waals surface area contributed by atoms with Crippen LogP contribution in [0.25, 0.3) is 21.7 Å². The summed E-state index contributed by atoms with van der Waals surface area (Å²) in [4.78, 5) is 28.2. The Morgan fingerprint density at radius 3 is 2.87 bits per heavy atom. The number of para-hydroxylation sites is 1. The summed E-state index contributed by atoms with van der Waals surface area (Å²) in [6.07, 6.45) is 4.28. The van der Waals surface area contributed by atoms with Crippen LogP contribution in [0, 0.1) is 0 Å². The van der Waals surface area contributed by atoms with Crippen LogP contribution in [-0.4, -0.2) is 45.3 Å². The highest BCUT2D eigenvalue weighted by atomic mass is 32.1. The fraction of sp³-hybridized carbons (Fsp3) is 0.318. The number of nitrogens with zero attached hydrogens (tertiary/aromatic N) is 5. The number of pyridine rings is 1. The summed E-state index contributed by atoms with van der Waals surface area (Å²) in [5.41, 5.74) is 1.53. The molecule has 1 fully saturated rings. The molecular formula is C22H21N5O3S. The second-order valence-corrected chi connectivity index (χ2v) is 8.34. The van der Waals surface area contributed by atoms with Crippen LogP contribution in [0.4, 0.5) is 5.13 Å². The standard InChI is InChI=1S/C22H21N5O3S/c28-20(11-10-19-25-21(26-30-19)17-8-3-4-12-23-17)27(14-15-6-5-13-29-15)22-24-16-7-1-2-9-18(16)31-22/h1-4,7-9,12,15H,5-6,10-11,13-14H2. The van der Waals surface area contributed by atoms with Crippen molar-refractivity contribution in [1.29, 1.82) is 0 Å². The van der Waals surface area contributed by atoms with Gasteiger partial charge >= 0.3 is 0 Å². The van der Waals surface area contributed by atoms with E-state index in [1.165, 1.54) is 11.3 Å². The van der Waals surface area contributed by atoms with Crippen molar-refractivity contribution in [3.8, 4) is 11.5 Å². The predicted octanol–water partition coefficient (Wildman–Crippen LogP) is 3.89. The second kappa shape index (κ2) is 8.91. The van der Waals surface area contributed by atoms with E-state index in [0.29, 0.717) is 35.5 Å². The first-order valence-electron chi connectivity index (χ1n) is 10.3. The monoisotopic (exact) mass is 435 g/mol. The number of carbonyl (C=O) groups excluding carboxylic acids is 1. The summed E-state index contributed by atoms with van der Waals surface area (Å²) in [6.45, 7) is 1.24. The summed E-state index contributed by atoms with van der Waals surface area (Å²) in [5.74, 6) is 0.799. The smallest absolute Gasteiger partial charge is 0.229 e. The van der Waals surface area contributed by atoms with Crippen LogP contribution in [-0.2, 0) is 16.0 Å². The molecule has 0 bridgehead atoms. The molecular weight excluding hydrogens is 414 g/mol. The Kier molecular flexibility index (Phi) is 5.68. The number of ether oxygens (including phenoxy) is 1. The van der Waals surface area contributed by atoms with Crippen LogP contribution in [0.2, 0.25) is 0 Å². The molecule has 1 saturated heterocycles. The van der Waals surface area contributed by atoms with E-state index in [-0.39, 0.29) is 18.4 Å². The van der Waals surface area contributed by atoms with Crippen LogP contribution in [0.3, 0.4) is 0 Å². The molecule has 1 aromatic carbocycles. The number of thiazole rings is 1. The number of aryl methyl sites for hydroxylation is 1. The van der Waals surface area contributed by atoms with Gasteiger partial charge in [-0.25, -0.2) is 4.98 Å². The number of amides is 1. The summed E-state index contributed by atoms with van der Waals surface area (Å²) in [7, 11) is 0. The van der Waals surface area contributed by atoms with Crippen LogP contribution in [0.5, 0.6) is 0 Å². The molecule has 1 unspecified atom stereocenters. The minimum atomic E-state index is -0.0351. The van der Waals surface area contributed by atoms with Gasteiger partial charge in [-0.15, -0.1) is 0 Å². The molecule has 0 radical (unpaired) electrons. The second-order valence-electron chi connectivity index (χ2n) is 7.33. The molecule has 5 rings (SSSR count). The van der Waals surface area contributed by atoms with Gasteiger partial charge in [0.15, 0.2) is 5.13 Å². The van der Waals surface area contributed by atoms with Gasteiger partial charge in [-0.2, -0.15) is 4.98 Å². The van der Waals surface area contributed by atoms with Crippen molar-refractivity contribution in [3.63, 3.8) is 0 Å². The van der Waals surface area contributed by atoms with Gasteiger partial charge in [0.05, 0.1) is 22.9 Å². The Morgan fingerprint density at radius 1 is 1.16 bits per heavy atom. The van der Waals surface area contributed by atoms with Gasteiger partial charge in [0, 0.05) is 25.6 Å². The molecule has 4 heterocycles. The third-order valence-corrected chi connectivity index (χ3v) is 6.20. The summed E-state index contributed by atoms with van der Waals surface area (Å²) >= 11 is 1.52. The first-order chi connectivity index (χ1) is 15.3. The number of hydrogen-bond acceptors (Lipinski definition) is 8. The van der Waals surface area contributed by atoms with Gasteiger partial charge in [-0.1, -0.05) is 34.7 Å². The molecule has 9 heteroatoms. The van der Waals surface area contributed by atoms with E-state index in [0.717, 1.165) is 29.7 Å². The number of rotatable bonds is 7. The lowest BCUT2D eigenvalue weighted by Gasteiger charge is -2.22. The lowest BCUT2D eigenvalue weighted by atomic mass is 10.2. The zero-order chi connectivity index (χ0) is 21.0. The summed E-state index contributed by atoms with van der Waals surface area (Å²) < 4.78 is 12.2. The number of hydrogen-bond donors (Lipinski definition) is 0. The van der Waals surface area contributed by atoms with E-state index in [9.17, 15) is 4.79 Å². The van der Waals surface area contributed by atoms with Gasteiger partial charge in [0.25, 0.3) is 0 Å². The minimum absolute atomic E-state index is 0.0351.